The number of hydrogen-bond acceptors (Lipinski definition) is 6. The Balaban J connectivity index is 1.93. The summed E-state index contributed by atoms with van der Waals surface area (Å²) in [4.78, 5) is 30.8. The summed E-state index contributed by atoms with van der Waals surface area (Å²) in [5, 5.41) is 12.1. The fraction of sp³-hybridized carbons (Fsp3) is 0.0909. The van der Waals surface area contributed by atoms with Crippen molar-refractivity contribution in [2.24, 2.45) is 0 Å². The second kappa shape index (κ2) is 9.35. The number of methoxy groups -OCH3 is 1. The van der Waals surface area contributed by atoms with E-state index in [0.717, 1.165) is 0 Å². The summed E-state index contributed by atoms with van der Waals surface area (Å²) in [6, 6.07) is 15.3. The molecule has 0 N–H and O–H groups in total. The van der Waals surface area contributed by atoms with Crippen molar-refractivity contribution in [3.05, 3.63) is 75.8 Å². The van der Waals surface area contributed by atoms with Crippen molar-refractivity contribution in [1.82, 2.24) is 4.98 Å². The Hall–Kier alpha value is -3.47. The topological polar surface area (TPSA) is 83.3 Å². The van der Waals surface area contributed by atoms with Crippen molar-refractivity contribution in [3.63, 3.8) is 0 Å². The molecule has 2 aromatic carbocycles. The highest BCUT2D eigenvalue weighted by atomic mass is 35.5. The number of amides is 1. The first-order valence-corrected chi connectivity index (χ1v) is 10.0. The van der Waals surface area contributed by atoms with Gasteiger partial charge in [0.1, 0.15) is 17.4 Å². The van der Waals surface area contributed by atoms with Crippen LogP contribution < -0.4 is 9.64 Å². The number of anilines is 2. The molecule has 0 aliphatic carbocycles. The van der Waals surface area contributed by atoms with Crippen LogP contribution in [-0.2, 0) is 4.79 Å². The van der Waals surface area contributed by atoms with E-state index in [2.05, 4.69) is 4.98 Å². The monoisotopic (exact) mass is 437 g/mol. The number of benzene rings is 2. The minimum absolute atomic E-state index is 0.0720. The Morgan fingerprint density at radius 1 is 1.23 bits per heavy atom. The maximum Gasteiger partial charge on any atom is 0.230 e. The smallest absolute Gasteiger partial charge is 0.230 e. The first-order valence-electron chi connectivity index (χ1n) is 8.75. The Bertz CT molecular complexity index is 1180. The van der Waals surface area contributed by atoms with Crippen LogP contribution >= 0.6 is 22.9 Å². The lowest BCUT2D eigenvalue weighted by Crippen LogP contribution is -2.22. The van der Waals surface area contributed by atoms with Gasteiger partial charge in [-0.1, -0.05) is 29.8 Å². The zero-order valence-corrected chi connectivity index (χ0v) is 17.7. The number of Topliss-reactive ketones (excluding diaryl/α,β-unsaturated/α-hetero) is 1. The molecule has 0 spiro atoms. The van der Waals surface area contributed by atoms with Gasteiger partial charge in [0, 0.05) is 22.9 Å². The maximum absolute atomic E-state index is 12.7. The molecule has 3 aromatic rings. The fourth-order valence-corrected chi connectivity index (χ4v) is 3.73. The zero-order chi connectivity index (χ0) is 21.7. The molecular formula is C22H16ClN3O3S. The summed E-state index contributed by atoms with van der Waals surface area (Å²) in [5.74, 6) is -0.160. The number of aromatic nitrogens is 1. The van der Waals surface area contributed by atoms with E-state index in [9.17, 15) is 14.9 Å². The molecule has 0 bridgehead atoms. The number of carbonyl (C=O) groups is 2. The minimum atomic E-state index is -0.441. The van der Waals surface area contributed by atoms with E-state index in [0.29, 0.717) is 32.8 Å². The molecule has 1 amide bonds. The largest absolute Gasteiger partial charge is 0.497 e. The van der Waals surface area contributed by atoms with Crippen molar-refractivity contribution in [2.75, 3.05) is 12.0 Å². The maximum atomic E-state index is 12.7. The van der Waals surface area contributed by atoms with Gasteiger partial charge in [-0.3, -0.25) is 14.5 Å². The molecule has 0 unspecified atom stereocenters. The number of thiazole rings is 1. The normalized spacial score (nSPS) is 10.9. The van der Waals surface area contributed by atoms with Crippen molar-refractivity contribution in [3.8, 4) is 11.8 Å². The second-order valence-corrected chi connectivity index (χ2v) is 7.39. The van der Waals surface area contributed by atoms with Crippen molar-refractivity contribution < 1.29 is 14.3 Å². The predicted octanol–water partition coefficient (Wildman–Crippen LogP) is 5.28. The molecule has 150 valence electrons. The van der Waals surface area contributed by atoms with Gasteiger partial charge < -0.3 is 4.74 Å². The number of allylic oxidation sites excluding steroid dienone is 1. The van der Waals surface area contributed by atoms with E-state index in [-0.39, 0.29) is 11.5 Å². The summed E-state index contributed by atoms with van der Waals surface area (Å²) < 4.78 is 5.13. The number of ketones is 1. The van der Waals surface area contributed by atoms with Crippen LogP contribution in [-0.4, -0.2) is 23.8 Å². The number of carbonyl (C=O) groups excluding carboxylic acids is 2. The first kappa shape index (κ1) is 21.2. The fourth-order valence-electron chi connectivity index (χ4n) is 2.70. The van der Waals surface area contributed by atoms with Gasteiger partial charge in [0.25, 0.3) is 0 Å². The summed E-state index contributed by atoms with van der Waals surface area (Å²) in [5.41, 5.74) is 1.24. The quantitative estimate of drug-likeness (QED) is 0.297. The Morgan fingerprint density at radius 3 is 2.67 bits per heavy atom. The number of hydrogen-bond donors (Lipinski definition) is 0. The first-order chi connectivity index (χ1) is 14.4. The SMILES string of the molecule is COc1cccc(C(=O)/C(C#N)=C/c2csc(N(C(C)=O)c3cccc(Cl)c3)n2)c1. The van der Waals surface area contributed by atoms with Gasteiger partial charge in [-0.05, 0) is 36.4 Å². The standard InChI is InChI=1S/C22H16ClN3O3S/c1-14(27)26(19-7-4-6-17(23)11-19)22-25-18(13-30-22)9-16(12-24)21(28)15-5-3-8-20(10-15)29-2/h3-11,13H,1-2H3/b16-9+. The summed E-state index contributed by atoms with van der Waals surface area (Å²) >= 11 is 7.26. The highest BCUT2D eigenvalue weighted by Crippen LogP contribution is 2.31. The average molecular weight is 438 g/mol. The van der Waals surface area contributed by atoms with Crippen LogP contribution in [0.1, 0.15) is 23.0 Å². The molecule has 0 atom stereocenters. The molecule has 0 aliphatic heterocycles. The van der Waals surface area contributed by atoms with Gasteiger partial charge >= 0.3 is 0 Å². The Kier molecular flexibility index (Phi) is 6.62. The molecule has 8 heteroatoms. The van der Waals surface area contributed by atoms with E-state index in [1.165, 1.54) is 36.3 Å². The molecule has 6 nitrogen and oxygen atoms in total. The second-order valence-electron chi connectivity index (χ2n) is 6.12. The Labute approximate surface area is 182 Å². The predicted molar refractivity (Wildman–Crippen MR) is 117 cm³/mol. The molecular weight excluding hydrogens is 422 g/mol. The van der Waals surface area contributed by atoms with Crippen LogP contribution in [0.5, 0.6) is 5.75 Å². The molecule has 30 heavy (non-hydrogen) atoms. The molecule has 0 radical (unpaired) electrons. The van der Waals surface area contributed by atoms with E-state index in [1.807, 2.05) is 6.07 Å². The van der Waals surface area contributed by atoms with E-state index < -0.39 is 5.78 Å². The summed E-state index contributed by atoms with van der Waals surface area (Å²) in [7, 11) is 1.50. The highest BCUT2D eigenvalue weighted by Gasteiger charge is 2.19. The lowest BCUT2D eigenvalue weighted by Gasteiger charge is -2.18. The van der Waals surface area contributed by atoms with E-state index in [1.54, 1.807) is 53.9 Å². The molecule has 0 aliphatic rings. The van der Waals surface area contributed by atoms with Gasteiger partial charge in [0.05, 0.1) is 18.5 Å². The third kappa shape index (κ3) is 4.74. The molecule has 1 aromatic heterocycles. The van der Waals surface area contributed by atoms with Crippen molar-refractivity contribution >= 4 is 51.5 Å². The minimum Gasteiger partial charge on any atom is -0.497 e. The molecule has 0 saturated heterocycles. The lowest BCUT2D eigenvalue weighted by atomic mass is 10.0. The van der Waals surface area contributed by atoms with E-state index >= 15 is 0 Å². The third-order valence-electron chi connectivity index (χ3n) is 4.07. The van der Waals surface area contributed by atoms with Crippen molar-refractivity contribution in [1.29, 1.82) is 5.26 Å². The van der Waals surface area contributed by atoms with Crippen LogP contribution in [0.25, 0.3) is 6.08 Å². The van der Waals surface area contributed by atoms with Crippen LogP contribution in [0, 0.1) is 11.3 Å². The summed E-state index contributed by atoms with van der Waals surface area (Å²) in [6.07, 6.45) is 1.40. The summed E-state index contributed by atoms with van der Waals surface area (Å²) in [6.45, 7) is 1.42. The number of nitrogens with zero attached hydrogens (tertiary/aromatic N) is 3. The molecule has 3 rings (SSSR count). The lowest BCUT2D eigenvalue weighted by molar-refractivity contribution is -0.115. The van der Waals surface area contributed by atoms with Crippen LogP contribution in [0.15, 0.2) is 59.5 Å². The average Bonchev–Trinajstić information content (AvgIpc) is 3.19. The van der Waals surface area contributed by atoms with Crippen LogP contribution in [0.2, 0.25) is 5.02 Å². The van der Waals surface area contributed by atoms with Crippen molar-refractivity contribution in [2.45, 2.75) is 6.92 Å². The number of rotatable bonds is 6. The van der Waals surface area contributed by atoms with Crippen LogP contribution in [0.3, 0.4) is 0 Å². The van der Waals surface area contributed by atoms with Crippen LogP contribution in [0.4, 0.5) is 10.8 Å². The van der Waals surface area contributed by atoms with Gasteiger partial charge in [-0.2, -0.15) is 5.26 Å². The number of halogens is 1. The highest BCUT2D eigenvalue weighted by molar-refractivity contribution is 7.14. The van der Waals surface area contributed by atoms with Gasteiger partial charge in [0.2, 0.25) is 11.7 Å². The Morgan fingerprint density at radius 2 is 2.00 bits per heavy atom. The van der Waals surface area contributed by atoms with Gasteiger partial charge in [0.15, 0.2) is 5.13 Å². The number of ether oxygens (including phenoxy) is 1. The molecule has 1 heterocycles. The number of nitriles is 1. The van der Waals surface area contributed by atoms with Gasteiger partial charge in [-0.15, -0.1) is 11.3 Å². The van der Waals surface area contributed by atoms with Gasteiger partial charge in [-0.25, -0.2) is 4.98 Å². The zero-order valence-electron chi connectivity index (χ0n) is 16.1. The van der Waals surface area contributed by atoms with E-state index in [4.69, 9.17) is 16.3 Å². The molecule has 0 saturated carbocycles. The third-order valence-corrected chi connectivity index (χ3v) is 5.15. The molecule has 0 fully saturated rings.